The van der Waals surface area contributed by atoms with Crippen LogP contribution in [0.5, 0.6) is 0 Å². The Bertz CT molecular complexity index is 1750. The third-order valence-electron chi connectivity index (χ3n) is 6.48. The lowest BCUT2D eigenvalue weighted by atomic mass is 10.2. The van der Waals surface area contributed by atoms with Crippen LogP contribution in [0.2, 0.25) is 0 Å². The first-order chi connectivity index (χ1) is 20.6. The number of fused-ring (bicyclic) bond motifs is 2. The molecule has 0 fully saturated rings. The second-order valence-electron chi connectivity index (χ2n) is 10.1. The van der Waals surface area contributed by atoms with Gasteiger partial charge >= 0.3 is 0 Å². The third kappa shape index (κ3) is 9.48. The minimum absolute atomic E-state index is 0.0654. The van der Waals surface area contributed by atoms with Gasteiger partial charge in [0.1, 0.15) is 0 Å². The van der Waals surface area contributed by atoms with Crippen molar-refractivity contribution in [1.29, 1.82) is 0 Å². The average Bonchev–Trinajstić information content (AvgIpc) is 2.96. The van der Waals surface area contributed by atoms with Crippen molar-refractivity contribution in [2.45, 2.75) is 23.6 Å². The first-order valence-corrected chi connectivity index (χ1v) is 17.0. The maximum Gasteiger partial charge on any atom is 0.235 e. The Morgan fingerprint density at radius 1 is 0.791 bits per heavy atom. The molecule has 0 aliphatic carbocycles. The molecule has 2 heterocycles. The summed E-state index contributed by atoms with van der Waals surface area (Å²) in [6.07, 6.45) is 3.33. The van der Waals surface area contributed by atoms with Crippen molar-refractivity contribution >= 4 is 47.9 Å². The Kier molecular flexibility index (Phi) is 11.1. The summed E-state index contributed by atoms with van der Waals surface area (Å²) in [4.78, 5) is 26.0. The molecule has 2 aromatic heterocycles. The molecule has 0 saturated heterocycles. The standard InChI is InChI=1S/C29H34N4O8S2/c1-39-15-26(19-42(35,36)17-22-11-24-7-3-5-9-28(24)30-13-22)32-41-33(21-34)27(16-40-2)20-43(37,38)18-23-12-25-8-4-6-10-29(25)31-14-23/h3-14,21,26-27,32H,15-20H2,1-2H3/t26-,27-/m0/s1. The summed E-state index contributed by atoms with van der Waals surface area (Å²) >= 11 is 0. The van der Waals surface area contributed by atoms with Crippen LogP contribution < -0.4 is 5.48 Å². The van der Waals surface area contributed by atoms with E-state index >= 15 is 0 Å². The number of hydrogen-bond acceptors (Lipinski definition) is 11. The average molecular weight is 631 g/mol. The highest BCUT2D eigenvalue weighted by Crippen LogP contribution is 2.17. The Hall–Kier alpha value is -3.53. The lowest BCUT2D eigenvalue weighted by Crippen LogP contribution is -2.49. The summed E-state index contributed by atoms with van der Waals surface area (Å²) in [5.41, 5.74) is 5.08. The van der Waals surface area contributed by atoms with Crippen LogP contribution in [0.4, 0.5) is 0 Å². The highest BCUT2D eigenvalue weighted by molar-refractivity contribution is 7.90. The summed E-state index contributed by atoms with van der Waals surface area (Å²) in [5, 5.41) is 2.40. The highest BCUT2D eigenvalue weighted by atomic mass is 32.2. The van der Waals surface area contributed by atoms with Crippen molar-refractivity contribution in [2.75, 3.05) is 38.9 Å². The normalized spacial score (nSPS) is 13.6. The van der Waals surface area contributed by atoms with Crippen LogP contribution in [-0.2, 0) is 50.4 Å². The number of nitrogens with zero attached hydrogens (tertiary/aromatic N) is 3. The fraction of sp³-hybridized carbons (Fsp3) is 0.345. The van der Waals surface area contributed by atoms with Crippen molar-refractivity contribution in [3.8, 4) is 0 Å². The van der Waals surface area contributed by atoms with Crippen LogP contribution in [0, 0.1) is 0 Å². The van der Waals surface area contributed by atoms with Gasteiger partial charge in [-0.15, -0.1) is 0 Å². The molecule has 0 bridgehead atoms. The minimum atomic E-state index is -3.76. The molecular weight excluding hydrogens is 596 g/mol. The van der Waals surface area contributed by atoms with Crippen molar-refractivity contribution in [3.05, 3.63) is 84.2 Å². The summed E-state index contributed by atoms with van der Waals surface area (Å²) in [5.74, 6) is -1.43. The molecule has 1 amide bonds. The van der Waals surface area contributed by atoms with Crippen molar-refractivity contribution in [1.82, 2.24) is 20.5 Å². The number of aromatic nitrogens is 2. The van der Waals surface area contributed by atoms with E-state index in [9.17, 15) is 21.6 Å². The summed E-state index contributed by atoms with van der Waals surface area (Å²) in [7, 11) is -4.68. The lowest BCUT2D eigenvalue weighted by Gasteiger charge is -2.28. The van der Waals surface area contributed by atoms with E-state index in [-0.39, 0.29) is 30.5 Å². The summed E-state index contributed by atoms with van der Waals surface area (Å²) in [6, 6.07) is 16.4. The van der Waals surface area contributed by atoms with Gasteiger partial charge in [0.2, 0.25) is 6.41 Å². The zero-order chi connectivity index (χ0) is 30.9. The number of hydroxylamine groups is 3. The lowest BCUT2D eigenvalue weighted by molar-refractivity contribution is -0.227. The number of nitrogens with one attached hydrogen (secondary N) is 1. The van der Waals surface area contributed by atoms with Crippen LogP contribution in [0.25, 0.3) is 21.8 Å². The number of pyridine rings is 2. The van der Waals surface area contributed by atoms with Gasteiger partial charge in [0, 0.05) is 37.4 Å². The number of hydrogen-bond donors (Lipinski definition) is 1. The second-order valence-corrected chi connectivity index (χ2v) is 14.3. The molecule has 14 heteroatoms. The van der Waals surface area contributed by atoms with Gasteiger partial charge in [0.05, 0.1) is 59.3 Å². The zero-order valence-electron chi connectivity index (χ0n) is 23.8. The van der Waals surface area contributed by atoms with Crippen molar-refractivity contribution in [3.63, 3.8) is 0 Å². The van der Waals surface area contributed by atoms with Gasteiger partial charge < -0.3 is 9.47 Å². The number of methoxy groups -OCH3 is 2. The predicted molar refractivity (Wildman–Crippen MR) is 162 cm³/mol. The zero-order valence-corrected chi connectivity index (χ0v) is 25.5. The fourth-order valence-corrected chi connectivity index (χ4v) is 7.81. The number of sulfone groups is 2. The molecular formula is C29H34N4O8S2. The van der Waals surface area contributed by atoms with E-state index in [1.165, 1.54) is 26.6 Å². The van der Waals surface area contributed by atoms with Gasteiger partial charge in [0.25, 0.3) is 0 Å². The molecule has 0 unspecified atom stereocenters. The summed E-state index contributed by atoms with van der Waals surface area (Å²) < 4.78 is 62.7. The summed E-state index contributed by atoms with van der Waals surface area (Å²) in [6.45, 7) is -0.220. The van der Waals surface area contributed by atoms with E-state index < -0.39 is 37.5 Å². The largest absolute Gasteiger partial charge is 0.383 e. The van der Waals surface area contributed by atoms with E-state index in [0.717, 1.165) is 26.9 Å². The van der Waals surface area contributed by atoms with Gasteiger partial charge in [0.15, 0.2) is 19.7 Å². The Labute approximate surface area is 250 Å². The number of benzene rings is 2. The fourth-order valence-electron chi connectivity index (χ4n) is 4.64. The molecule has 4 rings (SSSR count). The van der Waals surface area contributed by atoms with E-state index in [1.807, 2.05) is 48.5 Å². The molecule has 4 aromatic rings. The first-order valence-electron chi connectivity index (χ1n) is 13.3. The molecule has 0 spiro atoms. The monoisotopic (exact) mass is 630 g/mol. The van der Waals surface area contributed by atoms with Crippen LogP contribution in [-0.4, -0.2) is 89.3 Å². The molecule has 0 aliphatic rings. The quantitative estimate of drug-likeness (QED) is 0.135. The van der Waals surface area contributed by atoms with Crippen LogP contribution >= 0.6 is 0 Å². The van der Waals surface area contributed by atoms with Gasteiger partial charge in [-0.2, -0.15) is 15.5 Å². The number of ether oxygens (including phenoxy) is 2. The van der Waals surface area contributed by atoms with Crippen LogP contribution in [0.15, 0.2) is 73.1 Å². The molecule has 12 nitrogen and oxygen atoms in total. The number of amides is 1. The van der Waals surface area contributed by atoms with Gasteiger partial charge in [-0.05, 0) is 35.4 Å². The number of para-hydroxylation sites is 2. The Morgan fingerprint density at radius 2 is 1.30 bits per heavy atom. The number of carbonyl (C=O) groups is 1. The molecule has 0 radical (unpaired) electrons. The van der Waals surface area contributed by atoms with E-state index in [4.69, 9.17) is 14.4 Å². The molecule has 0 aliphatic heterocycles. The van der Waals surface area contributed by atoms with Gasteiger partial charge in [-0.25, -0.2) is 16.8 Å². The molecule has 43 heavy (non-hydrogen) atoms. The van der Waals surface area contributed by atoms with E-state index in [1.54, 1.807) is 12.1 Å². The van der Waals surface area contributed by atoms with E-state index in [0.29, 0.717) is 17.5 Å². The maximum atomic E-state index is 13.1. The molecule has 230 valence electrons. The molecule has 1 N–H and O–H groups in total. The van der Waals surface area contributed by atoms with Gasteiger partial charge in [-0.3, -0.25) is 14.8 Å². The Morgan fingerprint density at radius 3 is 1.81 bits per heavy atom. The van der Waals surface area contributed by atoms with Crippen LogP contribution in [0.3, 0.4) is 0 Å². The molecule has 0 saturated carbocycles. The number of rotatable bonds is 17. The predicted octanol–water partition coefficient (Wildman–Crippen LogP) is 2.24. The van der Waals surface area contributed by atoms with Crippen molar-refractivity contribution < 1.29 is 36.0 Å². The van der Waals surface area contributed by atoms with Crippen molar-refractivity contribution in [2.24, 2.45) is 0 Å². The maximum absolute atomic E-state index is 13.1. The number of carbonyl (C=O) groups excluding carboxylic acids is 1. The van der Waals surface area contributed by atoms with Crippen LogP contribution in [0.1, 0.15) is 11.1 Å². The van der Waals surface area contributed by atoms with Gasteiger partial charge in [-0.1, -0.05) is 36.4 Å². The van der Waals surface area contributed by atoms with E-state index in [2.05, 4.69) is 15.4 Å². The SMILES string of the molecule is COC[C@@H](CS(=O)(=O)Cc1cnc2ccccc2c1)NON(C=O)[C@@H](COC)CS(=O)(=O)Cc1cnc2ccccc2c1. The highest BCUT2D eigenvalue weighted by Gasteiger charge is 2.28. The second kappa shape index (κ2) is 14.8. The Balaban J connectivity index is 1.40. The topological polar surface area (TPSA) is 154 Å². The smallest absolute Gasteiger partial charge is 0.235 e. The minimum Gasteiger partial charge on any atom is -0.383 e. The molecule has 2 atom stereocenters. The third-order valence-corrected chi connectivity index (χ3v) is 9.83. The first kappa shape index (κ1) is 32.4. The molecule has 2 aromatic carbocycles.